The predicted octanol–water partition coefficient (Wildman–Crippen LogP) is 1.41. The fourth-order valence-corrected chi connectivity index (χ4v) is 1.85. The van der Waals surface area contributed by atoms with Crippen LogP contribution in [0.25, 0.3) is 0 Å². The summed E-state index contributed by atoms with van der Waals surface area (Å²) in [5.74, 6) is 0. The number of nitrogens with zero attached hydrogens (tertiary/aromatic N) is 2. The molecule has 3 nitrogen and oxygen atoms in total. The second-order valence-electron chi connectivity index (χ2n) is 3.72. The van der Waals surface area contributed by atoms with Crippen LogP contribution in [0.2, 0.25) is 0 Å². The number of nitrogens with two attached hydrogens (primary N) is 1. The Morgan fingerprint density at radius 2 is 2.42 bits per heavy atom. The number of aromatic nitrogens is 2. The summed E-state index contributed by atoms with van der Waals surface area (Å²) in [5, 5.41) is 0. The molecule has 3 heteroatoms. The average Bonchev–Trinajstić information content (AvgIpc) is 2.53. The zero-order valence-corrected chi connectivity index (χ0v) is 7.62. The number of hydrogen-bond acceptors (Lipinski definition) is 2. The standard InChI is InChI=1S/C9H15N3/c1-6(2)12-5-11-8-4-3-7(10)9(8)12/h5-7H,3-4,10H2,1-2H3. The molecule has 1 atom stereocenters. The van der Waals surface area contributed by atoms with E-state index in [9.17, 15) is 0 Å². The van der Waals surface area contributed by atoms with Crippen LogP contribution in [-0.2, 0) is 6.42 Å². The molecule has 0 amide bonds. The summed E-state index contributed by atoms with van der Waals surface area (Å²) in [4.78, 5) is 4.35. The van der Waals surface area contributed by atoms with Crippen molar-refractivity contribution in [2.45, 2.75) is 38.8 Å². The summed E-state index contributed by atoms with van der Waals surface area (Å²) in [6, 6.07) is 0.690. The van der Waals surface area contributed by atoms with Crippen LogP contribution < -0.4 is 5.73 Å². The second kappa shape index (κ2) is 2.59. The minimum atomic E-state index is 0.213. The molecule has 0 aliphatic heterocycles. The van der Waals surface area contributed by atoms with Crippen LogP contribution in [0.4, 0.5) is 0 Å². The van der Waals surface area contributed by atoms with E-state index in [0.29, 0.717) is 6.04 Å². The Morgan fingerprint density at radius 3 is 3.08 bits per heavy atom. The van der Waals surface area contributed by atoms with Crippen molar-refractivity contribution in [3.8, 4) is 0 Å². The molecule has 0 saturated carbocycles. The average molecular weight is 165 g/mol. The fraction of sp³-hybridized carbons (Fsp3) is 0.667. The van der Waals surface area contributed by atoms with Crippen molar-refractivity contribution < 1.29 is 0 Å². The number of rotatable bonds is 1. The first-order valence-corrected chi connectivity index (χ1v) is 4.51. The largest absolute Gasteiger partial charge is 0.330 e. The molecule has 1 unspecified atom stereocenters. The van der Waals surface area contributed by atoms with Crippen LogP contribution in [0.5, 0.6) is 0 Å². The monoisotopic (exact) mass is 165 g/mol. The van der Waals surface area contributed by atoms with Crippen LogP contribution in [0.15, 0.2) is 6.33 Å². The molecule has 0 spiro atoms. The van der Waals surface area contributed by atoms with E-state index in [1.54, 1.807) is 0 Å². The fourth-order valence-electron chi connectivity index (χ4n) is 1.85. The van der Waals surface area contributed by atoms with Gasteiger partial charge in [-0.05, 0) is 26.7 Å². The molecule has 12 heavy (non-hydrogen) atoms. The molecule has 0 radical (unpaired) electrons. The lowest BCUT2D eigenvalue weighted by atomic mass is 10.2. The van der Waals surface area contributed by atoms with Crippen LogP contribution >= 0.6 is 0 Å². The Hall–Kier alpha value is -0.830. The molecule has 1 heterocycles. The van der Waals surface area contributed by atoms with Crippen LogP contribution in [-0.4, -0.2) is 9.55 Å². The maximum atomic E-state index is 5.97. The molecule has 0 aromatic carbocycles. The van der Waals surface area contributed by atoms with Gasteiger partial charge >= 0.3 is 0 Å². The Bertz CT molecular complexity index is 288. The summed E-state index contributed by atoms with van der Waals surface area (Å²) in [6.45, 7) is 4.32. The molecule has 1 aliphatic carbocycles. The third-order valence-corrected chi connectivity index (χ3v) is 2.51. The van der Waals surface area contributed by atoms with Gasteiger partial charge in [0.2, 0.25) is 0 Å². The normalized spacial score (nSPS) is 21.8. The molecule has 1 aromatic heterocycles. The maximum Gasteiger partial charge on any atom is 0.0954 e. The van der Waals surface area contributed by atoms with Gasteiger partial charge < -0.3 is 10.3 Å². The second-order valence-corrected chi connectivity index (χ2v) is 3.72. The van der Waals surface area contributed by atoms with Crippen molar-refractivity contribution in [2.75, 3.05) is 0 Å². The van der Waals surface area contributed by atoms with Crippen molar-refractivity contribution in [1.82, 2.24) is 9.55 Å². The van der Waals surface area contributed by atoms with Gasteiger partial charge in [-0.25, -0.2) is 4.98 Å². The highest BCUT2D eigenvalue weighted by Crippen LogP contribution is 2.29. The molecular weight excluding hydrogens is 150 g/mol. The summed E-state index contributed by atoms with van der Waals surface area (Å²) >= 11 is 0. The van der Waals surface area contributed by atoms with Crippen molar-refractivity contribution in [3.05, 3.63) is 17.7 Å². The van der Waals surface area contributed by atoms with E-state index < -0.39 is 0 Å². The third kappa shape index (κ3) is 0.966. The molecule has 0 saturated heterocycles. The van der Waals surface area contributed by atoms with E-state index in [1.807, 2.05) is 6.33 Å². The van der Waals surface area contributed by atoms with Crippen molar-refractivity contribution >= 4 is 0 Å². The first kappa shape index (κ1) is 7.80. The predicted molar refractivity (Wildman–Crippen MR) is 47.9 cm³/mol. The minimum Gasteiger partial charge on any atom is -0.330 e. The molecule has 1 aromatic rings. The molecule has 2 rings (SSSR count). The van der Waals surface area contributed by atoms with Gasteiger partial charge in [0, 0.05) is 12.1 Å². The van der Waals surface area contributed by atoms with E-state index in [1.165, 1.54) is 11.4 Å². The highest BCUT2D eigenvalue weighted by atomic mass is 15.1. The van der Waals surface area contributed by atoms with Gasteiger partial charge in [-0.3, -0.25) is 0 Å². The van der Waals surface area contributed by atoms with Gasteiger partial charge in [-0.1, -0.05) is 0 Å². The molecule has 1 aliphatic rings. The smallest absolute Gasteiger partial charge is 0.0954 e. The first-order valence-electron chi connectivity index (χ1n) is 4.51. The lowest BCUT2D eigenvalue weighted by molar-refractivity contribution is 0.543. The Kier molecular flexibility index (Phi) is 1.68. The van der Waals surface area contributed by atoms with E-state index >= 15 is 0 Å². The van der Waals surface area contributed by atoms with Gasteiger partial charge in [0.05, 0.1) is 17.7 Å². The third-order valence-electron chi connectivity index (χ3n) is 2.51. The van der Waals surface area contributed by atoms with Crippen molar-refractivity contribution in [1.29, 1.82) is 0 Å². The lowest BCUT2D eigenvalue weighted by Crippen LogP contribution is -2.13. The SMILES string of the molecule is CC(C)n1cnc2c1C(N)CC2. The van der Waals surface area contributed by atoms with Crippen molar-refractivity contribution in [2.24, 2.45) is 5.73 Å². The molecule has 0 fully saturated rings. The van der Waals surface area contributed by atoms with Gasteiger partial charge in [-0.15, -0.1) is 0 Å². The Morgan fingerprint density at radius 1 is 1.67 bits per heavy atom. The number of aryl methyl sites for hydroxylation is 1. The van der Waals surface area contributed by atoms with Crippen LogP contribution in [0.1, 0.15) is 43.7 Å². The Labute approximate surface area is 72.6 Å². The zero-order chi connectivity index (χ0) is 8.72. The van der Waals surface area contributed by atoms with E-state index in [2.05, 4.69) is 23.4 Å². The number of imidazole rings is 1. The minimum absolute atomic E-state index is 0.213. The summed E-state index contributed by atoms with van der Waals surface area (Å²) in [7, 11) is 0. The van der Waals surface area contributed by atoms with E-state index in [0.717, 1.165) is 12.8 Å². The van der Waals surface area contributed by atoms with Gasteiger partial charge in [-0.2, -0.15) is 0 Å². The molecule has 66 valence electrons. The van der Waals surface area contributed by atoms with E-state index in [4.69, 9.17) is 5.73 Å². The summed E-state index contributed by atoms with van der Waals surface area (Å²) in [6.07, 6.45) is 4.02. The number of fused-ring (bicyclic) bond motifs is 1. The van der Waals surface area contributed by atoms with Gasteiger partial charge in [0.1, 0.15) is 0 Å². The summed E-state index contributed by atoms with van der Waals surface area (Å²) in [5.41, 5.74) is 8.43. The highest BCUT2D eigenvalue weighted by Gasteiger charge is 2.24. The maximum absolute atomic E-state index is 5.97. The lowest BCUT2D eigenvalue weighted by Gasteiger charge is -2.13. The van der Waals surface area contributed by atoms with Crippen LogP contribution in [0, 0.1) is 0 Å². The van der Waals surface area contributed by atoms with Gasteiger partial charge in [0.25, 0.3) is 0 Å². The van der Waals surface area contributed by atoms with Crippen molar-refractivity contribution in [3.63, 3.8) is 0 Å². The zero-order valence-electron chi connectivity index (χ0n) is 7.62. The Balaban J connectivity index is 2.46. The number of hydrogen-bond donors (Lipinski definition) is 1. The van der Waals surface area contributed by atoms with E-state index in [-0.39, 0.29) is 6.04 Å². The first-order chi connectivity index (χ1) is 5.70. The topological polar surface area (TPSA) is 43.8 Å². The van der Waals surface area contributed by atoms with Gasteiger partial charge in [0.15, 0.2) is 0 Å². The molecule has 2 N–H and O–H groups in total. The molecular formula is C9H15N3. The highest BCUT2D eigenvalue weighted by molar-refractivity contribution is 5.23. The quantitative estimate of drug-likeness (QED) is 0.683. The summed E-state index contributed by atoms with van der Waals surface area (Å²) < 4.78 is 2.19. The van der Waals surface area contributed by atoms with Crippen LogP contribution in [0.3, 0.4) is 0 Å². The molecule has 0 bridgehead atoms.